The van der Waals surface area contributed by atoms with Crippen molar-refractivity contribution in [2.24, 2.45) is 5.92 Å². The summed E-state index contributed by atoms with van der Waals surface area (Å²) in [6.07, 6.45) is -4.62. The molecular formula is C17H13F3N4O. The quantitative estimate of drug-likeness (QED) is 0.831. The van der Waals surface area contributed by atoms with E-state index in [0.717, 1.165) is 0 Å². The molecular weight excluding hydrogens is 333 g/mol. The highest BCUT2D eigenvalue weighted by atomic mass is 19.4. The molecule has 25 heavy (non-hydrogen) atoms. The van der Waals surface area contributed by atoms with Gasteiger partial charge in [0.2, 0.25) is 0 Å². The number of nitriles is 2. The number of hydrogen-bond donors (Lipinski definition) is 0. The van der Waals surface area contributed by atoms with Gasteiger partial charge in [-0.15, -0.1) is 0 Å². The summed E-state index contributed by atoms with van der Waals surface area (Å²) < 4.78 is 40.3. The topological polar surface area (TPSA) is 82.5 Å². The van der Waals surface area contributed by atoms with Gasteiger partial charge in [0.25, 0.3) is 5.56 Å². The van der Waals surface area contributed by atoms with Crippen LogP contribution in [0.4, 0.5) is 13.2 Å². The van der Waals surface area contributed by atoms with E-state index in [9.17, 15) is 18.0 Å². The Morgan fingerprint density at radius 3 is 2.44 bits per heavy atom. The highest BCUT2D eigenvalue weighted by Crippen LogP contribution is 2.29. The Kier molecular flexibility index (Phi) is 5.56. The van der Waals surface area contributed by atoms with Gasteiger partial charge in [-0.05, 0) is 12.5 Å². The second-order valence-electron chi connectivity index (χ2n) is 5.32. The molecule has 8 heteroatoms. The van der Waals surface area contributed by atoms with Crippen LogP contribution in [-0.2, 0) is 12.7 Å². The number of benzene rings is 1. The van der Waals surface area contributed by atoms with Gasteiger partial charge in [0.05, 0.1) is 30.3 Å². The second kappa shape index (κ2) is 7.63. The number of halogens is 3. The van der Waals surface area contributed by atoms with Crippen molar-refractivity contribution >= 4 is 0 Å². The van der Waals surface area contributed by atoms with Gasteiger partial charge >= 0.3 is 6.18 Å². The van der Waals surface area contributed by atoms with Crippen molar-refractivity contribution in [1.29, 1.82) is 10.5 Å². The SMILES string of the molecule is N#CCC[C@@H](C#N)Cn1nc(-c2ccccc2)cc(C(F)(F)F)c1=O. The Morgan fingerprint density at radius 1 is 1.20 bits per heavy atom. The number of rotatable bonds is 5. The van der Waals surface area contributed by atoms with Crippen LogP contribution in [0.2, 0.25) is 0 Å². The zero-order valence-electron chi connectivity index (χ0n) is 13.0. The van der Waals surface area contributed by atoms with E-state index >= 15 is 0 Å². The van der Waals surface area contributed by atoms with Gasteiger partial charge in [-0.3, -0.25) is 4.79 Å². The molecule has 0 fully saturated rings. The smallest absolute Gasteiger partial charge is 0.267 e. The predicted octanol–water partition coefficient (Wildman–Crippen LogP) is 3.37. The molecule has 1 heterocycles. The van der Waals surface area contributed by atoms with Gasteiger partial charge in [0.15, 0.2) is 0 Å². The zero-order valence-corrected chi connectivity index (χ0v) is 13.0. The molecule has 0 unspecified atom stereocenters. The fourth-order valence-electron chi connectivity index (χ4n) is 2.26. The summed E-state index contributed by atoms with van der Waals surface area (Å²) in [6, 6.07) is 12.6. The molecule has 1 aromatic carbocycles. The maximum Gasteiger partial charge on any atom is 0.421 e. The van der Waals surface area contributed by atoms with Crippen LogP contribution in [0.25, 0.3) is 11.3 Å². The Labute approximate surface area is 141 Å². The van der Waals surface area contributed by atoms with Crippen molar-refractivity contribution in [3.63, 3.8) is 0 Å². The van der Waals surface area contributed by atoms with Crippen molar-refractivity contribution in [3.8, 4) is 23.4 Å². The number of alkyl halides is 3. The molecule has 1 aromatic heterocycles. The van der Waals surface area contributed by atoms with E-state index in [4.69, 9.17) is 10.5 Å². The van der Waals surface area contributed by atoms with Crippen LogP contribution in [0.1, 0.15) is 18.4 Å². The number of nitrogens with zero attached hydrogens (tertiary/aromatic N) is 4. The van der Waals surface area contributed by atoms with E-state index in [1.807, 2.05) is 12.1 Å². The second-order valence-corrected chi connectivity index (χ2v) is 5.32. The Bertz CT molecular complexity index is 876. The van der Waals surface area contributed by atoms with E-state index < -0.39 is 23.2 Å². The van der Waals surface area contributed by atoms with Crippen LogP contribution < -0.4 is 5.56 Å². The van der Waals surface area contributed by atoms with E-state index in [-0.39, 0.29) is 25.1 Å². The fraction of sp³-hybridized carbons (Fsp3) is 0.294. The maximum atomic E-state index is 13.2. The Morgan fingerprint density at radius 2 is 1.88 bits per heavy atom. The molecule has 0 amide bonds. The monoisotopic (exact) mass is 346 g/mol. The van der Waals surface area contributed by atoms with Crippen LogP contribution in [-0.4, -0.2) is 9.78 Å². The Hall–Kier alpha value is -3.13. The van der Waals surface area contributed by atoms with Crippen molar-refractivity contribution < 1.29 is 13.2 Å². The molecule has 0 N–H and O–H groups in total. The Balaban J connectivity index is 2.54. The summed E-state index contributed by atoms with van der Waals surface area (Å²) in [5.74, 6) is -0.781. The van der Waals surface area contributed by atoms with E-state index in [1.165, 1.54) is 0 Å². The van der Waals surface area contributed by atoms with Gasteiger partial charge in [-0.25, -0.2) is 4.68 Å². The van der Waals surface area contributed by atoms with Crippen molar-refractivity contribution in [2.45, 2.75) is 25.6 Å². The fourth-order valence-corrected chi connectivity index (χ4v) is 2.26. The first-order chi connectivity index (χ1) is 11.9. The molecule has 0 bridgehead atoms. The minimum Gasteiger partial charge on any atom is -0.267 e. The largest absolute Gasteiger partial charge is 0.421 e. The van der Waals surface area contributed by atoms with Gasteiger partial charge in [0.1, 0.15) is 5.56 Å². The maximum absolute atomic E-state index is 13.2. The van der Waals surface area contributed by atoms with Crippen LogP contribution in [0.5, 0.6) is 0 Å². The van der Waals surface area contributed by atoms with Gasteiger partial charge in [0, 0.05) is 12.0 Å². The first-order valence-electron chi connectivity index (χ1n) is 7.38. The average Bonchev–Trinajstić information content (AvgIpc) is 2.59. The van der Waals surface area contributed by atoms with Crippen LogP contribution in [0.15, 0.2) is 41.2 Å². The average molecular weight is 346 g/mol. The summed E-state index contributed by atoms with van der Waals surface area (Å²) in [5.41, 5.74) is -2.22. The highest BCUT2D eigenvalue weighted by molar-refractivity contribution is 5.59. The third-order valence-corrected chi connectivity index (χ3v) is 3.53. The lowest BCUT2D eigenvalue weighted by Gasteiger charge is -2.14. The zero-order chi connectivity index (χ0) is 18.4. The molecule has 0 radical (unpaired) electrons. The molecule has 2 aromatic rings. The summed E-state index contributed by atoms with van der Waals surface area (Å²) >= 11 is 0. The molecule has 128 valence electrons. The van der Waals surface area contributed by atoms with Gasteiger partial charge < -0.3 is 0 Å². The summed E-state index contributed by atoms with van der Waals surface area (Å²) in [5, 5.41) is 21.7. The van der Waals surface area contributed by atoms with Gasteiger partial charge in [-0.1, -0.05) is 30.3 Å². The first kappa shape index (κ1) is 18.2. The van der Waals surface area contributed by atoms with Crippen LogP contribution in [0, 0.1) is 28.6 Å². The molecule has 0 aliphatic heterocycles. The van der Waals surface area contributed by atoms with Crippen molar-refractivity contribution in [2.75, 3.05) is 0 Å². The molecule has 0 spiro atoms. The summed E-state index contributed by atoms with van der Waals surface area (Å²) in [6.45, 7) is -0.305. The number of aromatic nitrogens is 2. The van der Waals surface area contributed by atoms with Crippen LogP contribution >= 0.6 is 0 Å². The lowest BCUT2D eigenvalue weighted by atomic mass is 10.1. The lowest BCUT2D eigenvalue weighted by Crippen LogP contribution is -2.32. The lowest BCUT2D eigenvalue weighted by molar-refractivity contribution is -0.139. The molecule has 0 saturated heterocycles. The number of hydrogen-bond acceptors (Lipinski definition) is 4. The van der Waals surface area contributed by atoms with E-state index in [2.05, 4.69) is 5.10 Å². The molecule has 1 atom stereocenters. The van der Waals surface area contributed by atoms with Gasteiger partial charge in [-0.2, -0.15) is 28.8 Å². The predicted molar refractivity (Wildman–Crippen MR) is 82.9 cm³/mol. The third kappa shape index (κ3) is 4.45. The normalized spacial score (nSPS) is 12.2. The highest BCUT2D eigenvalue weighted by Gasteiger charge is 2.35. The summed E-state index contributed by atoms with van der Waals surface area (Å²) in [4.78, 5) is 12.1. The molecule has 5 nitrogen and oxygen atoms in total. The van der Waals surface area contributed by atoms with Crippen molar-refractivity contribution in [1.82, 2.24) is 9.78 Å². The standard InChI is InChI=1S/C17H13F3N4O/c18-17(19,20)14-9-15(13-6-2-1-3-7-13)23-24(16(14)25)11-12(10-22)5-4-8-21/h1-3,6-7,9,12H,4-5,11H2/t12-/m0/s1. The molecule has 0 aliphatic carbocycles. The van der Waals surface area contributed by atoms with Crippen LogP contribution in [0.3, 0.4) is 0 Å². The van der Waals surface area contributed by atoms with E-state index in [1.54, 1.807) is 30.3 Å². The minimum absolute atomic E-state index is 0.00972. The first-order valence-corrected chi connectivity index (χ1v) is 7.38. The molecule has 0 saturated carbocycles. The third-order valence-electron chi connectivity index (χ3n) is 3.53. The summed E-state index contributed by atoms with van der Waals surface area (Å²) in [7, 11) is 0. The molecule has 2 rings (SSSR count). The minimum atomic E-state index is -4.83. The molecule has 0 aliphatic rings. The van der Waals surface area contributed by atoms with E-state index in [0.29, 0.717) is 16.3 Å². The van der Waals surface area contributed by atoms with Crippen molar-refractivity contribution in [3.05, 3.63) is 52.3 Å².